The summed E-state index contributed by atoms with van der Waals surface area (Å²) in [6.45, 7) is 2.55. The van der Waals surface area contributed by atoms with Crippen molar-refractivity contribution >= 4 is 5.97 Å². The quantitative estimate of drug-likeness (QED) is 0.444. The number of ether oxygens (including phenoxy) is 3. The van der Waals surface area contributed by atoms with Crippen molar-refractivity contribution in [2.75, 3.05) is 13.2 Å². The van der Waals surface area contributed by atoms with Crippen LogP contribution in [0, 0.1) is 0 Å². The average Bonchev–Trinajstić information content (AvgIpc) is 2.49. The molecular formula is C17H18O4. The third-order valence-electron chi connectivity index (χ3n) is 2.65. The molecule has 0 aliphatic carbocycles. The molecule has 0 fully saturated rings. The van der Waals surface area contributed by atoms with E-state index in [0.717, 1.165) is 17.9 Å². The second-order valence-corrected chi connectivity index (χ2v) is 4.43. The molecule has 2 aromatic carbocycles. The average molecular weight is 286 g/mol. The van der Waals surface area contributed by atoms with Gasteiger partial charge in [0.25, 0.3) is 0 Å². The summed E-state index contributed by atoms with van der Waals surface area (Å²) < 4.78 is 16.1. The molecule has 0 N–H and O–H groups in total. The molecule has 21 heavy (non-hydrogen) atoms. The highest BCUT2D eigenvalue weighted by Gasteiger charge is 1.99. The first-order chi connectivity index (χ1) is 10.2. The second-order valence-electron chi connectivity index (χ2n) is 4.43. The van der Waals surface area contributed by atoms with Crippen molar-refractivity contribution in [3.63, 3.8) is 0 Å². The normalized spacial score (nSPS) is 9.95. The minimum Gasteiger partial charge on any atom is -0.493 e. The van der Waals surface area contributed by atoms with Crippen LogP contribution in [0.3, 0.4) is 0 Å². The molecule has 0 spiro atoms. The Morgan fingerprint density at radius 2 is 1.33 bits per heavy atom. The van der Waals surface area contributed by atoms with E-state index in [1.807, 2.05) is 30.3 Å². The highest BCUT2D eigenvalue weighted by Crippen LogP contribution is 2.17. The molecule has 0 atom stereocenters. The molecule has 0 aromatic heterocycles. The van der Waals surface area contributed by atoms with Gasteiger partial charge in [-0.15, -0.1) is 0 Å². The fourth-order valence-corrected chi connectivity index (χ4v) is 1.73. The fraction of sp³-hybridized carbons (Fsp3) is 0.235. The van der Waals surface area contributed by atoms with E-state index in [2.05, 4.69) is 0 Å². The van der Waals surface area contributed by atoms with Crippen molar-refractivity contribution in [2.24, 2.45) is 0 Å². The topological polar surface area (TPSA) is 44.8 Å². The predicted octanol–water partition coefficient (Wildman–Crippen LogP) is 3.46. The van der Waals surface area contributed by atoms with Crippen LogP contribution >= 0.6 is 0 Å². The van der Waals surface area contributed by atoms with Crippen molar-refractivity contribution in [3.05, 3.63) is 54.6 Å². The molecule has 4 heteroatoms. The van der Waals surface area contributed by atoms with Gasteiger partial charge in [-0.25, -0.2) is 0 Å². The first-order valence-corrected chi connectivity index (χ1v) is 6.83. The van der Waals surface area contributed by atoms with Crippen molar-refractivity contribution in [2.45, 2.75) is 13.3 Å². The van der Waals surface area contributed by atoms with E-state index in [-0.39, 0.29) is 5.97 Å². The maximum absolute atomic E-state index is 10.8. The van der Waals surface area contributed by atoms with Crippen molar-refractivity contribution in [3.8, 4) is 17.2 Å². The van der Waals surface area contributed by atoms with Gasteiger partial charge in [0.15, 0.2) is 0 Å². The molecule has 0 radical (unpaired) electrons. The van der Waals surface area contributed by atoms with Gasteiger partial charge in [0, 0.05) is 13.3 Å². The number of esters is 1. The maximum atomic E-state index is 10.8. The van der Waals surface area contributed by atoms with Gasteiger partial charge in [-0.3, -0.25) is 4.79 Å². The lowest BCUT2D eigenvalue weighted by atomic mass is 10.3. The van der Waals surface area contributed by atoms with E-state index < -0.39 is 0 Å². The zero-order valence-electron chi connectivity index (χ0n) is 12.0. The number of carbonyl (C=O) groups is 1. The van der Waals surface area contributed by atoms with E-state index in [1.165, 1.54) is 6.92 Å². The van der Waals surface area contributed by atoms with Crippen molar-refractivity contribution in [1.29, 1.82) is 0 Å². The monoisotopic (exact) mass is 286 g/mol. The molecule has 0 saturated heterocycles. The summed E-state index contributed by atoms with van der Waals surface area (Å²) >= 11 is 0. The largest absolute Gasteiger partial charge is 0.493 e. The van der Waals surface area contributed by atoms with Crippen LogP contribution in [0.4, 0.5) is 0 Å². The van der Waals surface area contributed by atoms with Gasteiger partial charge < -0.3 is 14.2 Å². The van der Waals surface area contributed by atoms with Crippen LogP contribution in [-0.2, 0) is 4.79 Å². The number of rotatable bonds is 7. The fourth-order valence-electron chi connectivity index (χ4n) is 1.73. The number of hydrogen-bond acceptors (Lipinski definition) is 4. The minimum atomic E-state index is -0.332. The number of para-hydroxylation sites is 1. The van der Waals surface area contributed by atoms with Crippen LogP contribution in [-0.4, -0.2) is 19.2 Å². The Kier molecular flexibility index (Phi) is 5.64. The van der Waals surface area contributed by atoms with Gasteiger partial charge in [-0.1, -0.05) is 18.2 Å². The lowest BCUT2D eigenvalue weighted by Crippen LogP contribution is -2.05. The summed E-state index contributed by atoms with van der Waals surface area (Å²) in [4.78, 5) is 10.8. The summed E-state index contributed by atoms with van der Waals surface area (Å²) in [5.74, 6) is 1.79. The molecule has 0 aliphatic heterocycles. The predicted molar refractivity (Wildman–Crippen MR) is 79.8 cm³/mol. The molecule has 110 valence electrons. The zero-order valence-corrected chi connectivity index (χ0v) is 12.0. The van der Waals surface area contributed by atoms with Gasteiger partial charge >= 0.3 is 5.97 Å². The molecule has 4 nitrogen and oxygen atoms in total. The summed E-state index contributed by atoms with van der Waals surface area (Å²) in [6.07, 6.45) is 0.792. The molecule has 0 aliphatic rings. The van der Waals surface area contributed by atoms with E-state index >= 15 is 0 Å². The van der Waals surface area contributed by atoms with Crippen LogP contribution in [0.1, 0.15) is 13.3 Å². The molecule has 0 unspecified atom stereocenters. The van der Waals surface area contributed by atoms with E-state index in [0.29, 0.717) is 19.0 Å². The summed E-state index contributed by atoms with van der Waals surface area (Å²) in [5, 5.41) is 0. The molecule has 0 saturated carbocycles. The second kappa shape index (κ2) is 7.94. The highest BCUT2D eigenvalue weighted by molar-refractivity contribution is 5.69. The first kappa shape index (κ1) is 14.9. The third kappa shape index (κ3) is 5.57. The number of carbonyl (C=O) groups excluding carboxylic acids is 1. The SMILES string of the molecule is CC(=O)Oc1ccc(OCCCOc2ccccc2)cc1. The Bertz CT molecular complexity index is 549. The molecule has 2 rings (SSSR count). The van der Waals surface area contributed by atoms with E-state index in [9.17, 15) is 4.79 Å². The lowest BCUT2D eigenvalue weighted by molar-refractivity contribution is -0.131. The Morgan fingerprint density at radius 3 is 1.90 bits per heavy atom. The number of benzene rings is 2. The maximum Gasteiger partial charge on any atom is 0.308 e. The summed E-state index contributed by atoms with van der Waals surface area (Å²) in [5.41, 5.74) is 0. The van der Waals surface area contributed by atoms with Gasteiger partial charge in [-0.2, -0.15) is 0 Å². The van der Waals surface area contributed by atoms with Crippen LogP contribution in [0.15, 0.2) is 54.6 Å². The van der Waals surface area contributed by atoms with Crippen molar-refractivity contribution < 1.29 is 19.0 Å². The lowest BCUT2D eigenvalue weighted by Gasteiger charge is -2.08. The minimum absolute atomic E-state index is 0.332. The Labute approximate surface area is 124 Å². The van der Waals surface area contributed by atoms with Gasteiger partial charge in [0.1, 0.15) is 17.2 Å². The van der Waals surface area contributed by atoms with E-state index in [1.54, 1.807) is 24.3 Å². The molecular weight excluding hydrogens is 268 g/mol. The first-order valence-electron chi connectivity index (χ1n) is 6.83. The summed E-state index contributed by atoms with van der Waals surface area (Å²) in [6, 6.07) is 16.6. The smallest absolute Gasteiger partial charge is 0.308 e. The van der Waals surface area contributed by atoms with Gasteiger partial charge in [0.05, 0.1) is 13.2 Å². The third-order valence-corrected chi connectivity index (χ3v) is 2.65. The molecule has 0 bridgehead atoms. The highest BCUT2D eigenvalue weighted by atomic mass is 16.5. The van der Waals surface area contributed by atoms with Crippen LogP contribution in [0.25, 0.3) is 0 Å². The van der Waals surface area contributed by atoms with Crippen LogP contribution in [0.5, 0.6) is 17.2 Å². The van der Waals surface area contributed by atoms with Crippen LogP contribution in [0.2, 0.25) is 0 Å². The Morgan fingerprint density at radius 1 is 0.810 bits per heavy atom. The van der Waals surface area contributed by atoms with Crippen molar-refractivity contribution in [1.82, 2.24) is 0 Å². The number of hydrogen-bond donors (Lipinski definition) is 0. The zero-order chi connectivity index (χ0) is 14.9. The molecule has 0 amide bonds. The standard InChI is InChI=1S/C17H18O4/c1-14(18)21-17-10-8-16(9-11-17)20-13-5-12-19-15-6-3-2-4-7-15/h2-4,6-11H,5,12-13H2,1H3. The Balaban J connectivity index is 1.65. The molecule has 0 heterocycles. The van der Waals surface area contributed by atoms with Crippen LogP contribution < -0.4 is 14.2 Å². The Hall–Kier alpha value is -2.49. The molecule has 2 aromatic rings. The van der Waals surface area contributed by atoms with Gasteiger partial charge in [0.2, 0.25) is 0 Å². The van der Waals surface area contributed by atoms with E-state index in [4.69, 9.17) is 14.2 Å². The summed E-state index contributed by atoms with van der Waals surface area (Å²) in [7, 11) is 0. The van der Waals surface area contributed by atoms with Gasteiger partial charge in [-0.05, 0) is 36.4 Å².